The predicted octanol–water partition coefficient (Wildman–Crippen LogP) is 3.30. The average Bonchev–Trinajstić information content (AvgIpc) is 3.84. The molecule has 1 aliphatic carbocycles. The molecule has 18 heteroatoms. The molecule has 1 saturated carbocycles. The summed E-state index contributed by atoms with van der Waals surface area (Å²) >= 11 is 6.01. The first kappa shape index (κ1) is 33.9. The Bertz CT molecular complexity index is 1880. The van der Waals surface area contributed by atoms with Crippen molar-refractivity contribution in [1.29, 1.82) is 0 Å². The Hall–Kier alpha value is -5.45. The fraction of sp³-hybridized carbons (Fsp3) is 0.300. The van der Waals surface area contributed by atoms with E-state index >= 15 is 0 Å². The van der Waals surface area contributed by atoms with Gasteiger partial charge in [0.2, 0.25) is 11.9 Å². The Balaban J connectivity index is 1.29. The lowest BCUT2D eigenvalue weighted by Crippen LogP contribution is -2.47. The van der Waals surface area contributed by atoms with Crippen molar-refractivity contribution in [2.24, 2.45) is 0 Å². The number of halogens is 4. The topological polar surface area (TPSA) is 183 Å². The van der Waals surface area contributed by atoms with Crippen LogP contribution in [0.4, 0.5) is 36.4 Å². The summed E-state index contributed by atoms with van der Waals surface area (Å²) in [7, 11) is 2.33. The summed E-state index contributed by atoms with van der Waals surface area (Å²) < 4.78 is 53.1. The van der Waals surface area contributed by atoms with Gasteiger partial charge in [-0.3, -0.25) is 14.4 Å². The normalized spacial score (nSPS) is 14.0. The zero-order valence-corrected chi connectivity index (χ0v) is 26.0. The number of esters is 1. The molecule has 14 nitrogen and oxygen atoms in total. The minimum atomic E-state index is -4.63. The highest BCUT2D eigenvalue weighted by atomic mass is 35.5. The van der Waals surface area contributed by atoms with E-state index in [0.717, 1.165) is 12.7 Å². The van der Waals surface area contributed by atoms with Crippen molar-refractivity contribution >= 4 is 46.7 Å². The SMILES string of the molecule is COC(=O)C(CNc1c(OC)c(=O)c1=O)NC(=O)c1ccc(Nc2nc(NC3(c4ccc(Cl)cc4)CC3)nc(OCC(F)(F)F)n2)cc1. The third-order valence-electron chi connectivity index (χ3n) is 7.23. The molecule has 1 aromatic heterocycles. The molecular weight excluding hydrogens is 663 g/mol. The Morgan fingerprint density at radius 3 is 2.23 bits per heavy atom. The number of benzene rings is 2. The van der Waals surface area contributed by atoms with Crippen LogP contribution in [0.3, 0.4) is 0 Å². The number of hydrogen-bond donors (Lipinski definition) is 4. The lowest BCUT2D eigenvalue weighted by Gasteiger charge is -2.19. The molecule has 0 saturated heterocycles. The van der Waals surface area contributed by atoms with E-state index in [2.05, 4.69) is 36.2 Å². The molecule has 1 aliphatic rings. The highest BCUT2D eigenvalue weighted by molar-refractivity contribution is 6.30. The summed E-state index contributed by atoms with van der Waals surface area (Å²) in [5.74, 6) is -1.86. The highest BCUT2D eigenvalue weighted by Crippen LogP contribution is 2.48. The molecule has 1 unspecified atom stereocenters. The molecule has 0 radical (unpaired) electrons. The van der Waals surface area contributed by atoms with Crippen molar-refractivity contribution < 1.29 is 37.0 Å². The first-order valence-corrected chi connectivity index (χ1v) is 14.6. The van der Waals surface area contributed by atoms with E-state index in [9.17, 15) is 32.3 Å². The molecule has 5 rings (SSSR count). The molecule has 252 valence electrons. The summed E-state index contributed by atoms with van der Waals surface area (Å²) in [5.41, 5.74) is -0.950. The molecule has 48 heavy (non-hydrogen) atoms. The van der Waals surface area contributed by atoms with E-state index in [1.54, 1.807) is 12.1 Å². The van der Waals surface area contributed by atoms with E-state index in [4.69, 9.17) is 25.8 Å². The van der Waals surface area contributed by atoms with Gasteiger partial charge < -0.3 is 35.5 Å². The number of hydrogen-bond acceptors (Lipinski definition) is 13. The van der Waals surface area contributed by atoms with Crippen LogP contribution in [0.2, 0.25) is 5.02 Å². The maximum atomic E-state index is 12.9. The number of ether oxygens (including phenoxy) is 3. The van der Waals surface area contributed by atoms with Gasteiger partial charge in [-0.25, -0.2) is 4.79 Å². The van der Waals surface area contributed by atoms with Gasteiger partial charge in [0.15, 0.2) is 12.4 Å². The Labute approximate surface area is 274 Å². The van der Waals surface area contributed by atoms with E-state index < -0.39 is 53.1 Å². The van der Waals surface area contributed by atoms with Crippen molar-refractivity contribution in [3.8, 4) is 11.8 Å². The van der Waals surface area contributed by atoms with Crippen molar-refractivity contribution in [3.63, 3.8) is 0 Å². The highest BCUT2D eigenvalue weighted by Gasteiger charge is 2.45. The molecule has 3 aromatic carbocycles. The number of nitrogens with one attached hydrogen (secondary N) is 4. The van der Waals surface area contributed by atoms with Crippen LogP contribution in [0.5, 0.6) is 11.8 Å². The number of aromatic nitrogens is 3. The number of methoxy groups -OCH3 is 2. The molecule has 0 bridgehead atoms. The van der Waals surface area contributed by atoms with Crippen LogP contribution in [0.25, 0.3) is 0 Å². The lowest BCUT2D eigenvalue weighted by molar-refractivity contribution is -0.154. The van der Waals surface area contributed by atoms with Crippen molar-refractivity contribution in [1.82, 2.24) is 20.3 Å². The summed E-state index contributed by atoms with van der Waals surface area (Å²) in [4.78, 5) is 60.9. The van der Waals surface area contributed by atoms with E-state index in [1.165, 1.54) is 31.4 Å². The number of anilines is 4. The van der Waals surface area contributed by atoms with Gasteiger partial charge in [-0.1, -0.05) is 23.7 Å². The second kappa shape index (κ2) is 13.7. The van der Waals surface area contributed by atoms with E-state index in [-0.39, 0.29) is 35.4 Å². The van der Waals surface area contributed by atoms with Crippen LogP contribution in [0.15, 0.2) is 58.1 Å². The maximum Gasteiger partial charge on any atom is 0.422 e. The monoisotopic (exact) mass is 689 g/mol. The number of amides is 1. The van der Waals surface area contributed by atoms with Crippen LogP contribution in [0, 0.1) is 0 Å². The number of nitrogens with zero attached hydrogens (tertiary/aromatic N) is 3. The molecule has 1 amide bonds. The molecule has 1 heterocycles. The van der Waals surface area contributed by atoms with Crippen LogP contribution < -0.4 is 41.6 Å². The molecule has 0 aliphatic heterocycles. The van der Waals surface area contributed by atoms with Gasteiger partial charge in [0.05, 0.1) is 19.8 Å². The largest absolute Gasteiger partial charge is 0.491 e. The zero-order valence-electron chi connectivity index (χ0n) is 25.2. The quantitative estimate of drug-likeness (QED) is 0.112. The summed E-state index contributed by atoms with van der Waals surface area (Å²) in [6.07, 6.45) is -3.21. The Kier molecular flexibility index (Phi) is 9.69. The molecule has 4 N–H and O–H groups in total. The number of alkyl halides is 3. The lowest BCUT2D eigenvalue weighted by atomic mass is 10.1. The fourth-order valence-corrected chi connectivity index (χ4v) is 4.74. The molecule has 1 atom stereocenters. The smallest absolute Gasteiger partial charge is 0.422 e. The number of rotatable bonds is 14. The summed E-state index contributed by atoms with van der Waals surface area (Å²) in [6, 6.07) is 11.0. The minimum absolute atomic E-state index is 0.0306. The standard InChI is InChI=1S/C30H27ClF3N7O7/c1-46-23-20(21(42)22(23)43)35-13-19(25(45)47-2)37-24(44)15-3-9-18(10-4-15)36-26-38-27(40-28(39-26)48-14-30(32,33)34)41-29(11-12-29)16-5-7-17(31)8-6-16/h3-10,19,35H,11-14H2,1-2H3,(H,37,44)(H2,36,38,39,40,41). The first-order valence-electron chi connectivity index (χ1n) is 14.2. The van der Waals surface area contributed by atoms with Gasteiger partial charge in [-0.15, -0.1) is 0 Å². The van der Waals surface area contributed by atoms with Crippen LogP contribution in [0.1, 0.15) is 28.8 Å². The Morgan fingerprint density at radius 2 is 1.62 bits per heavy atom. The van der Waals surface area contributed by atoms with Gasteiger partial charge in [-0.2, -0.15) is 28.1 Å². The second-order valence-corrected chi connectivity index (χ2v) is 11.0. The molecule has 0 spiro atoms. The summed E-state index contributed by atoms with van der Waals surface area (Å²) in [6.45, 7) is -1.91. The van der Waals surface area contributed by atoms with Crippen LogP contribution >= 0.6 is 11.6 Å². The van der Waals surface area contributed by atoms with Crippen LogP contribution in [-0.2, 0) is 15.1 Å². The molecule has 1 fully saturated rings. The predicted molar refractivity (Wildman–Crippen MR) is 167 cm³/mol. The van der Waals surface area contributed by atoms with Crippen molar-refractivity contribution in [2.45, 2.75) is 30.6 Å². The third kappa shape index (κ3) is 7.91. The van der Waals surface area contributed by atoms with E-state index in [1.807, 2.05) is 12.1 Å². The van der Waals surface area contributed by atoms with Gasteiger partial charge in [0.1, 0.15) is 11.7 Å². The van der Waals surface area contributed by atoms with Crippen molar-refractivity contribution in [2.75, 3.05) is 43.3 Å². The van der Waals surface area contributed by atoms with Gasteiger partial charge in [-0.05, 0) is 54.8 Å². The van der Waals surface area contributed by atoms with Gasteiger partial charge in [0.25, 0.3) is 16.8 Å². The summed E-state index contributed by atoms with van der Waals surface area (Å²) in [5, 5.41) is 11.7. The van der Waals surface area contributed by atoms with Crippen molar-refractivity contribution in [3.05, 3.63) is 85.1 Å². The molecule has 4 aromatic rings. The molecular formula is C30H27ClF3N7O7. The maximum absolute atomic E-state index is 12.9. The Morgan fingerprint density at radius 1 is 0.958 bits per heavy atom. The first-order chi connectivity index (χ1) is 22.8. The average molecular weight is 690 g/mol. The van der Waals surface area contributed by atoms with Crippen LogP contribution in [-0.4, -0.2) is 66.4 Å². The van der Waals surface area contributed by atoms with E-state index in [0.29, 0.717) is 23.6 Å². The fourth-order valence-electron chi connectivity index (χ4n) is 4.61. The van der Waals surface area contributed by atoms with Gasteiger partial charge in [0, 0.05) is 22.8 Å². The zero-order chi connectivity index (χ0) is 34.6. The number of carbonyl (C=O) groups is 2. The second-order valence-electron chi connectivity index (χ2n) is 10.6. The minimum Gasteiger partial charge on any atom is -0.491 e. The third-order valence-corrected chi connectivity index (χ3v) is 7.48. The number of carbonyl (C=O) groups excluding carboxylic acids is 2. The van der Waals surface area contributed by atoms with Gasteiger partial charge >= 0.3 is 18.2 Å².